The van der Waals surface area contributed by atoms with Gasteiger partial charge < -0.3 is 19.5 Å². The number of esters is 3. The first-order valence-electron chi connectivity index (χ1n) is 8.73. The van der Waals surface area contributed by atoms with Gasteiger partial charge in [0, 0.05) is 17.5 Å². The van der Waals surface area contributed by atoms with Crippen molar-refractivity contribution < 1.29 is 33.4 Å². The number of para-hydroxylation sites is 1. The van der Waals surface area contributed by atoms with Crippen molar-refractivity contribution in [3.05, 3.63) is 42.1 Å². The summed E-state index contributed by atoms with van der Waals surface area (Å²) >= 11 is 0. The molecule has 1 N–H and O–H groups in total. The zero-order valence-corrected chi connectivity index (χ0v) is 16.5. The summed E-state index contributed by atoms with van der Waals surface area (Å²) in [5, 5.41) is 3.14. The Morgan fingerprint density at radius 1 is 0.897 bits per heavy atom. The third kappa shape index (κ3) is 4.68. The van der Waals surface area contributed by atoms with Crippen LogP contribution in [-0.4, -0.2) is 56.2 Å². The Kier molecular flexibility index (Phi) is 7.24. The molecular formula is C20H22N2O7. The molecule has 2 aromatic rings. The van der Waals surface area contributed by atoms with Gasteiger partial charge in [0.25, 0.3) is 5.91 Å². The van der Waals surface area contributed by atoms with E-state index in [9.17, 15) is 19.2 Å². The summed E-state index contributed by atoms with van der Waals surface area (Å²) in [6, 6.07) is 7.22. The van der Waals surface area contributed by atoms with Crippen LogP contribution < -0.4 is 5.32 Å². The number of hydrogen-bond donors (Lipinski definition) is 1. The third-order valence-electron chi connectivity index (χ3n) is 4.60. The number of ether oxygens (including phenoxy) is 3. The molecule has 0 bridgehead atoms. The molecule has 0 saturated carbocycles. The summed E-state index contributed by atoms with van der Waals surface area (Å²) in [5.41, 5.74) is 0.884. The monoisotopic (exact) mass is 402 g/mol. The molecule has 0 fully saturated rings. The molecule has 0 aliphatic rings. The van der Waals surface area contributed by atoms with E-state index >= 15 is 0 Å². The van der Waals surface area contributed by atoms with E-state index in [1.54, 1.807) is 24.3 Å². The quantitative estimate of drug-likeness (QED) is 0.415. The van der Waals surface area contributed by atoms with Crippen LogP contribution in [0.25, 0.3) is 10.9 Å². The predicted octanol–water partition coefficient (Wildman–Crippen LogP) is 1.10. The van der Waals surface area contributed by atoms with Gasteiger partial charge in [0.1, 0.15) is 6.04 Å². The molecule has 0 spiro atoms. The highest BCUT2D eigenvalue weighted by Crippen LogP contribution is 2.22. The number of methoxy groups -OCH3 is 3. The van der Waals surface area contributed by atoms with Crippen LogP contribution in [0.5, 0.6) is 0 Å². The molecule has 2 rings (SSSR count). The average Bonchev–Trinajstić information content (AvgIpc) is 2.75. The average molecular weight is 402 g/mol. The van der Waals surface area contributed by atoms with E-state index in [0.29, 0.717) is 10.9 Å². The Morgan fingerprint density at radius 3 is 2.07 bits per heavy atom. The number of rotatable bonds is 7. The van der Waals surface area contributed by atoms with Gasteiger partial charge in [-0.05, 0) is 12.1 Å². The standard InChI is InChI=1S/C20H22N2O7/c1-11(15(18(24)27-2)19(25)28-3)16(20(26)29-4)22-17(23)13-9-10-21-14-8-6-5-7-12(13)14/h5-11,15-16H,1-4H3,(H,22,23)/t11-,16-/m1/s1. The molecular weight excluding hydrogens is 380 g/mol. The number of pyridine rings is 1. The van der Waals surface area contributed by atoms with Crippen molar-refractivity contribution in [3.8, 4) is 0 Å². The van der Waals surface area contributed by atoms with Gasteiger partial charge in [-0.2, -0.15) is 0 Å². The first-order valence-corrected chi connectivity index (χ1v) is 8.73. The number of hydrogen-bond acceptors (Lipinski definition) is 8. The Bertz CT molecular complexity index is 907. The van der Waals surface area contributed by atoms with Gasteiger partial charge in [-0.25, -0.2) is 4.79 Å². The zero-order valence-electron chi connectivity index (χ0n) is 16.5. The van der Waals surface area contributed by atoms with E-state index in [-0.39, 0.29) is 5.56 Å². The minimum absolute atomic E-state index is 0.282. The second kappa shape index (κ2) is 9.63. The molecule has 9 nitrogen and oxygen atoms in total. The second-order valence-corrected chi connectivity index (χ2v) is 6.23. The highest BCUT2D eigenvalue weighted by atomic mass is 16.5. The van der Waals surface area contributed by atoms with Gasteiger partial charge in [0.2, 0.25) is 0 Å². The first-order chi connectivity index (χ1) is 13.8. The second-order valence-electron chi connectivity index (χ2n) is 6.23. The van der Waals surface area contributed by atoms with Crippen LogP contribution in [0.3, 0.4) is 0 Å². The fraction of sp³-hybridized carbons (Fsp3) is 0.350. The number of carbonyl (C=O) groups is 4. The van der Waals surface area contributed by atoms with Gasteiger partial charge in [-0.3, -0.25) is 19.4 Å². The molecule has 0 aliphatic heterocycles. The summed E-state index contributed by atoms with van der Waals surface area (Å²) < 4.78 is 14.1. The Hall–Kier alpha value is -3.49. The highest BCUT2D eigenvalue weighted by Gasteiger charge is 2.42. The largest absolute Gasteiger partial charge is 0.468 e. The molecule has 0 radical (unpaired) electrons. The molecule has 1 aromatic heterocycles. The van der Waals surface area contributed by atoms with Crippen molar-refractivity contribution >= 4 is 34.7 Å². The van der Waals surface area contributed by atoms with Crippen LogP contribution in [0, 0.1) is 11.8 Å². The van der Waals surface area contributed by atoms with Crippen LogP contribution in [0.4, 0.5) is 0 Å². The smallest absolute Gasteiger partial charge is 0.328 e. The summed E-state index contributed by atoms with van der Waals surface area (Å²) in [5.74, 6) is -5.60. The number of fused-ring (bicyclic) bond motifs is 1. The van der Waals surface area contributed by atoms with E-state index in [4.69, 9.17) is 4.74 Å². The lowest BCUT2D eigenvalue weighted by Gasteiger charge is -2.27. The lowest BCUT2D eigenvalue weighted by molar-refractivity contribution is -0.162. The lowest BCUT2D eigenvalue weighted by Crippen LogP contribution is -2.51. The van der Waals surface area contributed by atoms with Crippen molar-refractivity contribution in [3.63, 3.8) is 0 Å². The molecule has 0 saturated heterocycles. The van der Waals surface area contributed by atoms with Gasteiger partial charge in [-0.15, -0.1) is 0 Å². The maximum atomic E-state index is 12.9. The van der Waals surface area contributed by atoms with Crippen molar-refractivity contribution in [2.75, 3.05) is 21.3 Å². The summed E-state index contributed by atoms with van der Waals surface area (Å²) in [6.45, 7) is 1.45. The molecule has 1 aromatic carbocycles. The number of nitrogens with zero attached hydrogens (tertiary/aromatic N) is 1. The number of aromatic nitrogens is 1. The minimum Gasteiger partial charge on any atom is -0.468 e. The Morgan fingerprint density at radius 2 is 1.48 bits per heavy atom. The molecule has 154 valence electrons. The topological polar surface area (TPSA) is 121 Å². The van der Waals surface area contributed by atoms with Gasteiger partial charge in [-0.1, -0.05) is 25.1 Å². The molecule has 1 heterocycles. The number of benzene rings is 1. The lowest BCUT2D eigenvalue weighted by atomic mass is 9.87. The van der Waals surface area contributed by atoms with E-state index in [0.717, 1.165) is 21.3 Å². The predicted molar refractivity (Wildman–Crippen MR) is 102 cm³/mol. The van der Waals surface area contributed by atoms with E-state index in [1.807, 2.05) is 0 Å². The summed E-state index contributed by atoms with van der Waals surface area (Å²) in [4.78, 5) is 53.7. The van der Waals surface area contributed by atoms with E-state index in [1.165, 1.54) is 19.2 Å². The van der Waals surface area contributed by atoms with Gasteiger partial charge in [0.05, 0.1) is 32.4 Å². The fourth-order valence-electron chi connectivity index (χ4n) is 3.02. The third-order valence-corrected chi connectivity index (χ3v) is 4.60. The fourth-order valence-corrected chi connectivity index (χ4v) is 3.02. The van der Waals surface area contributed by atoms with Gasteiger partial charge in [0.15, 0.2) is 5.92 Å². The van der Waals surface area contributed by atoms with E-state index in [2.05, 4.69) is 19.8 Å². The maximum Gasteiger partial charge on any atom is 0.328 e. The van der Waals surface area contributed by atoms with Crippen molar-refractivity contribution in [1.29, 1.82) is 0 Å². The van der Waals surface area contributed by atoms with Crippen molar-refractivity contribution in [2.45, 2.75) is 13.0 Å². The minimum atomic E-state index is -1.43. The van der Waals surface area contributed by atoms with Gasteiger partial charge >= 0.3 is 17.9 Å². The Labute approximate surface area is 167 Å². The molecule has 1 amide bonds. The zero-order chi connectivity index (χ0) is 21.6. The molecule has 9 heteroatoms. The van der Waals surface area contributed by atoms with Crippen LogP contribution in [-0.2, 0) is 28.6 Å². The van der Waals surface area contributed by atoms with E-state index < -0.39 is 41.7 Å². The number of carbonyl (C=O) groups excluding carboxylic acids is 4. The molecule has 0 unspecified atom stereocenters. The Balaban J connectivity index is 2.39. The van der Waals surface area contributed by atoms with Crippen LogP contribution in [0.2, 0.25) is 0 Å². The number of amides is 1. The maximum absolute atomic E-state index is 12.9. The van der Waals surface area contributed by atoms with Crippen molar-refractivity contribution in [2.24, 2.45) is 11.8 Å². The first kappa shape index (κ1) is 21.8. The molecule has 2 atom stereocenters. The summed E-state index contributed by atoms with van der Waals surface area (Å²) in [6.07, 6.45) is 1.47. The SMILES string of the molecule is COC(=O)C(C(=O)OC)[C@@H](C)[C@@H](NC(=O)c1ccnc2ccccc12)C(=O)OC. The molecule has 0 aliphatic carbocycles. The van der Waals surface area contributed by atoms with Crippen molar-refractivity contribution in [1.82, 2.24) is 10.3 Å². The van der Waals surface area contributed by atoms with Crippen LogP contribution in [0.1, 0.15) is 17.3 Å². The van der Waals surface area contributed by atoms with Crippen LogP contribution in [0.15, 0.2) is 36.5 Å². The highest BCUT2D eigenvalue weighted by molar-refractivity contribution is 6.07. The summed E-state index contributed by atoms with van der Waals surface area (Å²) in [7, 11) is 3.36. The van der Waals surface area contributed by atoms with Crippen LogP contribution >= 0.6 is 0 Å². The molecule has 29 heavy (non-hydrogen) atoms. The normalized spacial score (nSPS) is 12.7. The number of nitrogens with one attached hydrogen (secondary N) is 1.